The standard InChI is InChI=1S/C50H69N9O10/c1-30(2)24-34-44(63)55-36(26-32-14-7-5-8-15-32)48(67)57-21-11-18-39(57)46(65)51-28-42(61)52-38(29-60)45(64)56-37(27-33-16-9-6-10-17-33)49(68)59-23-13-20-41(59)50(69)58-22-12-19-40(58)47(66)54-35(25-31(3)4)43(62)53-34/h5-10,14-17,30-31,34-41,60H,11-13,18-29H2,1-4H3,(H,51,65)(H,52,61)(H,53,62)(H,54,66)(H,55,63)(H,56,64)/t34-,35-,36-,37-,38-,39-,40-,41-/m0/s1. The van der Waals surface area contributed by atoms with E-state index in [1.165, 1.54) is 14.7 Å². The van der Waals surface area contributed by atoms with E-state index in [2.05, 4.69) is 31.9 Å². The van der Waals surface area contributed by atoms with Crippen molar-refractivity contribution in [2.75, 3.05) is 32.8 Å². The van der Waals surface area contributed by atoms with E-state index >= 15 is 0 Å². The highest BCUT2D eigenvalue weighted by atomic mass is 16.3. The molecule has 0 spiro atoms. The summed E-state index contributed by atoms with van der Waals surface area (Å²) in [5.74, 6) is -5.86. The molecule has 0 saturated carbocycles. The number of benzene rings is 2. The zero-order valence-electron chi connectivity index (χ0n) is 40.1. The third-order valence-electron chi connectivity index (χ3n) is 13.2. The zero-order chi connectivity index (χ0) is 49.8. The van der Waals surface area contributed by atoms with E-state index in [9.17, 15) is 48.3 Å². The van der Waals surface area contributed by atoms with Crippen LogP contribution in [0, 0.1) is 11.8 Å². The molecule has 0 aromatic heterocycles. The average molecular weight is 956 g/mol. The molecule has 19 nitrogen and oxygen atoms in total. The lowest BCUT2D eigenvalue weighted by molar-refractivity contribution is -0.148. The van der Waals surface area contributed by atoms with Crippen molar-refractivity contribution in [3.05, 3.63) is 71.8 Å². The van der Waals surface area contributed by atoms with Crippen LogP contribution >= 0.6 is 0 Å². The van der Waals surface area contributed by atoms with Crippen molar-refractivity contribution in [1.82, 2.24) is 46.6 Å². The first-order valence-electron chi connectivity index (χ1n) is 24.4. The summed E-state index contributed by atoms with van der Waals surface area (Å²) in [7, 11) is 0. The van der Waals surface area contributed by atoms with Crippen molar-refractivity contribution in [1.29, 1.82) is 0 Å². The van der Waals surface area contributed by atoms with Crippen molar-refractivity contribution in [2.45, 2.75) is 140 Å². The molecular weight excluding hydrogens is 887 g/mol. The number of hydrogen-bond donors (Lipinski definition) is 7. The quantitative estimate of drug-likeness (QED) is 0.178. The monoisotopic (exact) mass is 956 g/mol. The second kappa shape index (κ2) is 24.3. The maximum atomic E-state index is 14.5. The van der Waals surface area contributed by atoms with Crippen LogP contribution in [0.15, 0.2) is 60.7 Å². The van der Waals surface area contributed by atoms with Gasteiger partial charge in [-0.25, -0.2) is 0 Å². The van der Waals surface area contributed by atoms with Gasteiger partial charge in [0.2, 0.25) is 53.2 Å². The van der Waals surface area contributed by atoms with E-state index < -0.39 is 115 Å². The molecule has 6 rings (SSSR count). The highest BCUT2D eigenvalue weighted by Gasteiger charge is 2.45. The summed E-state index contributed by atoms with van der Waals surface area (Å²) in [4.78, 5) is 132. The second-order valence-corrected chi connectivity index (χ2v) is 19.5. The molecule has 374 valence electrons. The number of aliphatic hydroxyl groups is 1. The maximum Gasteiger partial charge on any atom is 0.246 e. The molecule has 0 bridgehead atoms. The largest absolute Gasteiger partial charge is 0.394 e. The van der Waals surface area contributed by atoms with Gasteiger partial charge in [0.25, 0.3) is 0 Å². The summed E-state index contributed by atoms with van der Waals surface area (Å²) in [6.07, 6.45) is 2.77. The number of hydrogen-bond acceptors (Lipinski definition) is 10. The topological polar surface area (TPSA) is 256 Å². The lowest BCUT2D eigenvalue weighted by atomic mass is 9.98. The molecule has 4 aliphatic rings. The van der Waals surface area contributed by atoms with Gasteiger partial charge in [0, 0.05) is 32.5 Å². The van der Waals surface area contributed by atoms with Crippen LogP contribution in [-0.2, 0) is 56.0 Å². The molecule has 4 heterocycles. The van der Waals surface area contributed by atoms with Gasteiger partial charge in [0.1, 0.15) is 48.3 Å². The smallest absolute Gasteiger partial charge is 0.246 e. The molecule has 69 heavy (non-hydrogen) atoms. The molecule has 0 unspecified atom stereocenters. The Hall–Kier alpha value is -6.37. The molecular formula is C50H69N9O10. The van der Waals surface area contributed by atoms with Gasteiger partial charge < -0.3 is 51.7 Å². The third kappa shape index (κ3) is 13.7. The van der Waals surface area contributed by atoms with Gasteiger partial charge in [-0.15, -0.1) is 0 Å². The lowest BCUT2D eigenvalue weighted by Gasteiger charge is -2.34. The Bertz CT molecular complexity index is 2170. The molecule has 2 aromatic rings. The van der Waals surface area contributed by atoms with Crippen molar-refractivity contribution >= 4 is 53.2 Å². The van der Waals surface area contributed by atoms with Crippen LogP contribution in [0.5, 0.6) is 0 Å². The highest BCUT2D eigenvalue weighted by Crippen LogP contribution is 2.27. The summed E-state index contributed by atoms with van der Waals surface area (Å²) in [6, 6.07) is 8.86. The predicted molar refractivity (Wildman–Crippen MR) is 253 cm³/mol. The molecule has 4 aliphatic heterocycles. The maximum absolute atomic E-state index is 14.5. The molecule has 4 saturated heterocycles. The van der Waals surface area contributed by atoms with E-state index in [1.54, 1.807) is 54.6 Å². The van der Waals surface area contributed by atoms with Crippen LogP contribution in [0.3, 0.4) is 0 Å². The van der Waals surface area contributed by atoms with Crippen LogP contribution in [0.1, 0.15) is 90.2 Å². The first kappa shape index (κ1) is 52.0. The van der Waals surface area contributed by atoms with Crippen LogP contribution in [0.4, 0.5) is 0 Å². The van der Waals surface area contributed by atoms with Gasteiger partial charge in [0.15, 0.2) is 0 Å². The Morgan fingerprint density at radius 1 is 0.478 bits per heavy atom. The summed E-state index contributed by atoms with van der Waals surface area (Å²) >= 11 is 0. The van der Waals surface area contributed by atoms with Crippen molar-refractivity contribution in [3.8, 4) is 0 Å². The van der Waals surface area contributed by atoms with E-state index in [4.69, 9.17) is 0 Å². The second-order valence-electron chi connectivity index (χ2n) is 19.5. The average Bonchev–Trinajstić information content (AvgIpc) is 4.14. The minimum absolute atomic E-state index is 0.0149. The molecule has 19 heteroatoms. The Balaban J connectivity index is 1.34. The van der Waals surface area contributed by atoms with Gasteiger partial charge >= 0.3 is 0 Å². The molecule has 9 amide bonds. The summed E-state index contributed by atoms with van der Waals surface area (Å²) in [5.41, 5.74) is 1.42. The zero-order valence-corrected chi connectivity index (χ0v) is 40.1. The fourth-order valence-corrected chi connectivity index (χ4v) is 9.80. The number of amides is 9. The van der Waals surface area contributed by atoms with Crippen LogP contribution in [0.2, 0.25) is 0 Å². The van der Waals surface area contributed by atoms with E-state index in [1.807, 2.05) is 33.8 Å². The number of nitrogens with zero attached hydrogens (tertiary/aromatic N) is 3. The number of rotatable bonds is 9. The van der Waals surface area contributed by atoms with Gasteiger partial charge in [-0.2, -0.15) is 0 Å². The predicted octanol–water partition coefficient (Wildman–Crippen LogP) is 0.0831. The Morgan fingerprint density at radius 3 is 1.33 bits per heavy atom. The van der Waals surface area contributed by atoms with Gasteiger partial charge in [-0.3, -0.25) is 43.2 Å². The van der Waals surface area contributed by atoms with E-state index in [-0.39, 0.29) is 63.6 Å². The van der Waals surface area contributed by atoms with Crippen molar-refractivity contribution in [3.63, 3.8) is 0 Å². The lowest BCUT2D eigenvalue weighted by Crippen LogP contribution is -2.60. The Kier molecular flexibility index (Phi) is 18.3. The SMILES string of the molecule is CC(C)C[C@@H]1NC(=O)[C@H](CC(C)C)NC(=O)[C@@H]2CCCN2C(=O)[C@@H]2CCCN2C(=O)[C@H](Cc2ccccc2)NC(=O)[C@H](CO)NC(=O)CNC(=O)[C@@H]2CCCN2C(=O)[C@H](Cc2ccccc2)NC1=O. The number of carbonyl (C=O) groups excluding carboxylic acids is 9. The first-order chi connectivity index (χ1) is 33.0. The first-order valence-corrected chi connectivity index (χ1v) is 24.4. The van der Waals surface area contributed by atoms with Gasteiger partial charge in [-0.1, -0.05) is 88.4 Å². The molecule has 4 fully saturated rings. The minimum atomic E-state index is -1.53. The summed E-state index contributed by atoms with van der Waals surface area (Å²) in [5, 5.41) is 26.6. The fourth-order valence-electron chi connectivity index (χ4n) is 9.80. The fraction of sp³-hybridized carbons (Fsp3) is 0.580. The Labute approximate surface area is 403 Å². The Morgan fingerprint density at radius 2 is 0.870 bits per heavy atom. The van der Waals surface area contributed by atoms with Gasteiger partial charge in [-0.05, 0) is 74.3 Å². The summed E-state index contributed by atoms with van der Waals surface area (Å²) < 4.78 is 0. The number of carbonyl (C=O) groups is 9. The van der Waals surface area contributed by atoms with Crippen LogP contribution in [0.25, 0.3) is 0 Å². The van der Waals surface area contributed by atoms with Gasteiger partial charge in [0.05, 0.1) is 13.2 Å². The third-order valence-corrected chi connectivity index (χ3v) is 13.2. The van der Waals surface area contributed by atoms with E-state index in [0.717, 1.165) is 5.56 Å². The van der Waals surface area contributed by atoms with Crippen molar-refractivity contribution < 1.29 is 48.3 Å². The molecule has 8 atom stereocenters. The summed E-state index contributed by atoms with van der Waals surface area (Å²) in [6.45, 7) is 6.71. The molecule has 0 aliphatic carbocycles. The van der Waals surface area contributed by atoms with E-state index in [0.29, 0.717) is 37.7 Å². The normalized spacial score (nSPS) is 27.5. The van der Waals surface area contributed by atoms with Crippen molar-refractivity contribution in [2.24, 2.45) is 11.8 Å². The van der Waals surface area contributed by atoms with Crippen LogP contribution in [-0.4, -0.2) is 154 Å². The number of fused-ring (bicyclic) bond motifs is 3. The number of aliphatic hydroxyl groups excluding tert-OH is 1. The minimum Gasteiger partial charge on any atom is -0.394 e. The molecule has 7 N–H and O–H groups in total. The molecule has 2 aromatic carbocycles. The number of nitrogens with one attached hydrogen (secondary N) is 6. The van der Waals surface area contributed by atoms with Crippen LogP contribution < -0.4 is 31.9 Å². The molecule has 0 radical (unpaired) electrons. The highest BCUT2D eigenvalue weighted by molar-refractivity contribution is 5.99.